The van der Waals surface area contributed by atoms with Crippen molar-refractivity contribution < 1.29 is 18.7 Å². The smallest absolute Gasteiger partial charge is 0.317 e. The Morgan fingerprint density at radius 1 is 1.16 bits per heavy atom. The molecular weight excluding hydrogens is 497 g/mol. The number of carbonyl (C=O) groups is 2. The molecule has 0 radical (unpaired) electrons. The van der Waals surface area contributed by atoms with Gasteiger partial charge in [-0.15, -0.1) is 0 Å². The van der Waals surface area contributed by atoms with Crippen LogP contribution in [-0.4, -0.2) is 84.9 Å². The normalized spacial score (nSPS) is 18.0. The van der Waals surface area contributed by atoms with Crippen molar-refractivity contribution in [3.63, 3.8) is 0 Å². The molecule has 0 spiro atoms. The van der Waals surface area contributed by atoms with Crippen LogP contribution in [0.4, 0.5) is 9.18 Å². The van der Waals surface area contributed by atoms with Gasteiger partial charge in [-0.05, 0) is 30.2 Å². The number of rotatable bonds is 9. The van der Waals surface area contributed by atoms with Gasteiger partial charge in [0.05, 0.1) is 25.0 Å². The minimum atomic E-state index is -0.431. The molecule has 2 aliphatic heterocycles. The highest BCUT2D eigenvalue weighted by atomic mass is 35.5. The van der Waals surface area contributed by atoms with Gasteiger partial charge in [0.15, 0.2) is 0 Å². The van der Waals surface area contributed by atoms with Crippen molar-refractivity contribution in [3.8, 4) is 0 Å². The van der Waals surface area contributed by atoms with Crippen LogP contribution in [0.3, 0.4) is 0 Å². The Kier molecular flexibility index (Phi) is 9.49. The van der Waals surface area contributed by atoms with E-state index in [1.165, 1.54) is 16.0 Å². The molecule has 1 atom stereocenters. The van der Waals surface area contributed by atoms with Gasteiger partial charge >= 0.3 is 6.03 Å². The molecule has 10 heteroatoms. The molecule has 0 saturated carbocycles. The van der Waals surface area contributed by atoms with Gasteiger partial charge in [0.25, 0.3) is 5.91 Å². The lowest BCUT2D eigenvalue weighted by atomic mass is 9.98. The van der Waals surface area contributed by atoms with Crippen molar-refractivity contribution in [2.24, 2.45) is 5.10 Å². The second-order valence-corrected chi connectivity index (χ2v) is 9.58. The van der Waals surface area contributed by atoms with Gasteiger partial charge in [-0.2, -0.15) is 5.10 Å². The first-order valence-electron chi connectivity index (χ1n) is 12.7. The van der Waals surface area contributed by atoms with Crippen LogP contribution in [0, 0.1) is 5.82 Å². The van der Waals surface area contributed by atoms with Crippen LogP contribution < -0.4 is 5.32 Å². The molecule has 1 fully saturated rings. The predicted octanol–water partition coefficient (Wildman–Crippen LogP) is 3.91. The Morgan fingerprint density at radius 2 is 1.89 bits per heavy atom. The van der Waals surface area contributed by atoms with E-state index in [9.17, 15) is 14.0 Å². The molecule has 4 rings (SSSR count). The molecule has 0 aliphatic carbocycles. The summed E-state index contributed by atoms with van der Waals surface area (Å²) in [6.07, 6.45) is 1.14. The van der Waals surface area contributed by atoms with E-state index in [0.717, 1.165) is 25.1 Å². The highest BCUT2D eigenvalue weighted by Crippen LogP contribution is 2.34. The minimum absolute atomic E-state index is 0.141. The van der Waals surface area contributed by atoms with E-state index in [2.05, 4.69) is 15.3 Å². The standard InChI is InChI=1S/C27H33ClFN5O3/c1-2-11-30-27(36)33(13-12-32-14-16-37-17-15-32)19-26(35)34-25(20-7-9-21(28)10-8-20)18-24(31-34)22-5-3-4-6-23(22)29/h3-10,25H,2,11-19H2,1H3,(H,30,36). The molecule has 1 unspecified atom stereocenters. The van der Waals surface area contributed by atoms with Crippen molar-refractivity contribution in [1.29, 1.82) is 0 Å². The monoisotopic (exact) mass is 529 g/mol. The van der Waals surface area contributed by atoms with E-state index >= 15 is 0 Å². The van der Waals surface area contributed by atoms with E-state index in [4.69, 9.17) is 16.3 Å². The number of nitrogens with zero attached hydrogens (tertiary/aromatic N) is 4. The third-order valence-corrected chi connectivity index (χ3v) is 6.79. The lowest BCUT2D eigenvalue weighted by Crippen LogP contribution is -2.49. The lowest BCUT2D eigenvalue weighted by molar-refractivity contribution is -0.133. The number of amides is 3. The highest BCUT2D eigenvalue weighted by Gasteiger charge is 2.35. The summed E-state index contributed by atoms with van der Waals surface area (Å²) < 4.78 is 20.0. The number of nitrogens with one attached hydrogen (secondary N) is 1. The molecule has 2 heterocycles. The molecule has 198 valence electrons. The molecule has 2 aromatic rings. The number of hydrazone groups is 1. The Bertz CT molecular complexity index is 1110. The first kappa shape index (κ1) is 27.0. The average Bonchev–Trinajstić information content (AvgIpc) is 3.36. The number of halogens is 2. The number of hydrogen-bond acceptors (Lipinski definition) is 5. The quantitative estimate of drug-likeness (QED) is 0.534. The molecule has 0 bridgehead atoms. The zero-order chi connectivity index (χ0) is 26.2. The predicted molar refractivity (Wildman–Crippen MR) is 141 cm³/mol. The van der Waals surface area contributed by atoms with Crippen LogP contribution in [0.25, 0.3) is 0 Å². The summed E-state index contributed by atoms with van der Waals surface area (Å²) in [5.74, 6) is -0.726. The Hall–Kier alpha value is -3.01. The van der Waals surface area contributed by atoms with Gasteiger partial charge in [-0.1, -0.05) is 48.9 Å². The fourth-order valence-electron chi connectivity index (χ4n) is 4.46. The lowest BCUT2D eigenvalue weighted by Gasteiger charge is -2.31. The molecule has 3 amide bonds. The maximum Gasteiger partial charge on any atom is 0.317 e. The minimum Gasteiger partial charge on any atom is -0.379 e. The molecule has 2 aliphatic rings. The zero-order valence-electron chi connectivity index (χ0n) is 21.0. The number of morpholine rings is 1. The molecule has 2 aromatic carbocycles. The zero-order valence-corrected chi connectivity index (χ0v) is 21.8. The van der Waals surface area contributed by atoms with Crippen LogP contribution in [0.2, 0.25) is 5.02 Å². The maximum atomic E-state index is 14.6. The Labute approximate surface area is 222 Å². The number of benzene rings is 2. The summed E-state index contributed by atoms with van der Waals surface area (Å²) in [7, 11) is 0. The van der Waals surface area contributed by atoms with Gasteiger partial charge in [0.2, 0.25) is 0 Å². The fraction of sp³-hybridized carbons (Fsp3) is 0.444. The number of hydrogen-bond donors (Lipinski definition) is 1. The van der Waals surface area contributed by atoms with E-state index in [0.29, 0.717) is 55.6 Å². The Morgan fingerprint density at radius 3 is 2.59 bits per heavy atom. The summed E-state index contributed by atoms with van der Waals surface area (Å²) >= 11 is 6.09. The summed E-state index contributed by atoms with van der Waals surface area (Å²) in [5, 5.41) is 9.42. The highest BCUT2D eigenvalue weighted by molar-refractivity contribution is 6.30. The summed E-state index contributed by atoms with van der Waals surface area (Å²) in [6, 6.07) is 12.9. The molecule has 37 heavy (non-hydrogen) atoms. The van der Waals surface area contributed by atoms with Gasteiger partial charge in [0.1, 0.15) is 12.4 Å². The van der Waals surface area contributed by atoms with Gasteiger partial charge < -0.3 is 15.0 Å². The average molecular weight is 530 g/mol. The van der Waals surface area contributed by atoms with E-state index in [1.54, 1.807) is 30.3 Å². The van der Waals surface area contributed by atoms with Crippen LogP contribution in [-0.2, 0) is 9.53 Å². The van der Waals surface area contributed by atoms with Crippen molar-refractivity contribution in [1.82, 2.24) is 20.1 Å². The fourth-order valence-corrected chi connectivity index (χ4v) is 4.59. The van der Waals surface area contributed by atoms with Crippen molar-refractivity contribution in [3.05, 3.63) is 70.5 Å². The van der Waals surface area contributed by atoms with Crippen LogP contribution in [0.1, 0.15) is 36.9 Å². The van der Waals surface area contributed by atoms with Crippen LogP contribution >= 0.6 is 11.6 Å². The van der Waals surface area contributed by atoms with Crippen molar-refractivity contribution >= 4 is 29.3 Å². The molecule has 1 saturated heterocycles. The van der Waals surface area contributed by atoms with E-state index < -0.39 is 11.9 Å². The largest absolute Gasteiger partial charge is 0.379 e. The third-order valence-electron chi connectivity index (χ3n) is 6.53. The van der Waals surface area contributed by atoms with Crippen molar-refractivity contribution in [2.75, 3.05) is 52.5 Å². The first-order valence-corrected chi connectivity index (χ1v) is 13.1. The first-order chi connectivity index (χ1) is 18.0. The van der Waals surface area contributed by atoms with Crippen LogP contribution in [0.15, 0.2) is 53.6 Å². The summed E-state index contributed by atoms with van der Waals surface area (Å²) in [6.45, 7) is 6.29. The second kappa shape index (κ2) is 13.0. The second-order valence-electron chi connectivity index (χ2n) is 9.14. The van der Waals surface area contributed by atoms with Gasteiger partial charge in [-0.3, -0.25) is 9.69 Å². The van der Waals surface area contributed by atoms with Crippen molar-refractivity contribution in [2.45, 2.75) is 25.8 Å². The summed E-state index contributed by atoms with van der Waals surface area (Å²) in [4.78, 5) is 30.3. The topological polar surface area (TPSA) is 77.5 Å². The summed E-state index contributed by atoms with van der Waals surface area (Å²) in [5.41, 5.74) is 1.69. The number of urea groups is 1. The number of ether oxygens (including phenoxy) is 1. The number of carbonyl (C=O) groups excluding carboxylic acids is 2. The Balaban J connectivity index is 1.55. The van der Waals surface area contributed by atoms with Gasteiger partial charge in [0, 0.05) is 49.7 Å². The van der Waals surface area contributed by atoms with E-state index in [1.807, 2.05) is 19.1 Å². The molecule has 0 aromatic heterocycles. The maximum absolute atomic E-state index is 14.6. The molecular formula is C27H33ClFN5O3. The molecule has 1 N–H and O–H groups in total. The molecule has 8 nitrogen and oxygen atoms in total. The van der Waals surface area contributed by atoms with Crippen LogP contribution in [0.5, 0.6) is 0 Å². The van der Waals surface area contributed by atoms with E-state index in [-0.39, 0.29) is 18.5 Å². The SMILES string of the molecule is CCCNC(=O)N(CCN1CCOCC1)CC(=O)N1N=C(c2ccccc2F)CC1c1ccc(Cl)cc1. The third kappa shape index (κ3) is 7.06. The van der Waals surface area contributed by atoms with Gasteiger partial charge in [-0.25, -0.2) is 14.2 Å².